The van der Waals surface area contributed by atoms with E-state index < -0.39 is 0 Å². The highest BCUT2D eigenvalue weighted by atomic mass is 16.5. The molecule has 4 nitrogen and oxygen atoms in total. The van der Waals surface area contributed by atoms with E-state index in [1.54, 1.807) is 0 Å². The topological polar surface area (TPSA) is 65.9 Å². The molecule has 4 heteroatoms. The third-order valence-electron chi connectivity index (χ3n) is 5.11. The Morgan fingerprint density at radius 1 is 0.963 bits per heavy atom. The van der Waals surface area contributed by atoms with Crippen LogP contribution in [0.3, 0.4) is 0 Å². The molecule has 0 spiro atoms. The van der Waals surface area contributed by atoms with Crippen molar-refractivity contribution in [3.63, 3.8) is 0 Å². The van der Waals surface area contributed by atoms with Gasteiger partial charge in [-0.15, -0.1) is 0 Å². The first-order valence-corrected chi connectivity index (χ1v) is 9.25. The molecule has 3 aromatic rings. The number of para-hydroxylation sites is 1. The van der Waals surface area contributed by atoms with Crippen LogP contribution in [0.15, 0.2) is 65.5 Å². The molecule has 1 fully saturated rings. The minimum absolute atomic E-state index is 0.161. The van der Waals surface area contributed by atoms with Crippen LogP contribution >= 0.6 is 0 Å². The van der Waals surface area contributed by atoms with Crippen LogP contribution in [0.4, 0.5) is 0 Å². The van der Waals surface area contributed by atoms with Crippen molar-refractivity contribution < 1.29 is 4.74 Å². The van der Waals surface area contributed by atoms with Gasteiger partial charge in [0.15, 0.2) is 0 Å². The third-order valence-corrected chi connectivity index (χ3v) is 5.11. The Balaban J connectivity index is 1.67. The Morgan fingerprint density at radius 2 is 1.63 bits per heavy atom. The molecule has 0 radical (unpaired) electrons. The van der Waals surface area contributed by atoms with Crippen LogP contribution in [-0.4, -0.2) is 4.98 Å². The molecule has 1 heterocycles. The molecule has 1 aliphatic carbocycles. The molecule has 4 rings (SSSR count). The molecule has 0 aliphatic heterocycles. The highest BCUT2D eigenvalue weighted by Crippen LogP contribution is 2.35. The molecule has 2 aromatic carbocycles. The number of hydrogen-bond acceptors (Lipinski definition) is 3. The van der Waals surface area contributed by atoms with E-state index in [-0.39, 0.29) is 11.1 Å². The quantitative estimate of drug-likeness (QED) is 0.684. The maximum Gasteiger partial charge on any atom is 0.266 e. The Bertz CT molecular complexity index is 1020. The highest BCUT2D eigenvalue weighted by molar-refractivity contribution is 5.71. The van der Waals surface area contributed by atoms with Crippen LogP contribution in [-0.2, 0) is 0 Å². The lowest BCUT2D eigenvalue weighted by atomic mass is 9.96. The van der Waals surface area contributed by atoms with Crippen LogP contribution in [0.2, 0.25) is 0 Å². The molecule has 1 N–H and O–H groups in total. The van der Waals surface area contributed by atoms with Gasteiger partial charge in [0.05, 0.1) is 0 Å². The minimum Gasteiger partial charge on any atom is -0.457 e. The lowest BCUT2D eigenvalue weighted by Gasteiger charge is -2.13. The molecule has 27 heavy (non-hydrogen) atoms. The molecule has 0 bridgehead atoms. The van der Waals surface area contributed by atoms with Gasteiger partial charge in [-0.2, -0.15) is 5.26 Å². The lowest BCUT2D eigenvalue weighted by molar-refractivity contribution is 0.483. The van der Waals surface area contributed by atoms with Gasteiger partial charge in [-0.05, 0) is 54.7 Å². The maximum absolute atomic E-state index is 12.4. The summed E-state index contributed by atoms with van der Waals surface area (Å²) in [6.07, 6.45) is 4.55. The molecule has 0 unspecified atom stereocenters. The van der Waals surface area contributed by atoms with E-state index in [4.69, 9.17) is 4.74 Å². The summed E-state index contributed by atoms with van der Waals surface area (Å²) >= 11 is 0. The minimum atomic E-state index is -0.304. The Hall–Kier alpha value is -3.32. The number of pyridine rings is 1. The molecule has 134 valence electrons. The summed E-state index contributed by atoms with van der Waals surface area (Å²) in [6.45, 7) is 0. The fourth-order valence-corrected chi connectivity index (χ4v) is 3.70. The van der Waals surface area contributed by atoms with E-state index >= 15 is 0 Å². The predicted molar refractivity (Wildman–Crippen MR) is 105 cm³/mol. The van der Waals surface area contributed by atoms with Crippen LogP contribution in [0.5, 0.6) is 11.5 Å². The Morgan fingerprint density at radius 3 is 2.30 bits per heavy atom. The van der Waals surface area contributed by atoms with Crippen molar-refractivity contribution >= 4 is 0 Å². The number of rotatable bonds is 4. The summed E-state index contributed by atoms with van der Waals surface area (Å²) in [4.78, 5) is 15.3. The van der Waals surface area contributed by atoms with Gasteiger partial charge in [-0.1, -0.05) is 43.2 Å². The smallest absolute Gasteiger partial charge is 0.266 e. The van der Waals surface area contributed by atoms with Gasteiger partial charge in [-0.3, -0.25) is 4.79 Å². The van der Waals surface area contributed by atoms with E-state index in [1.807, 2.05) is 60.7 Å². The average molecular weight is 356 g/mol. The van der Waals surface area contributed by atoms with E-state index in [0.29, 0.717) is 17.2 Å². The number of aromatic amines is 1. The van der Waals surface area contributed by atoms with Crippen molar-refractivity contribution in [2.75, 3.05) is 0 Å². The largest absolute Gasteiger partial charge is 0.457 e. The maximum atomic E-state index is 12.4. The zero-order valence-electron chi connectivity index (χ0n) is 14.9. The first kappa shape index (κ1) is 17.1. The van der Waals surface area contributed by atoms with Gasteiger partial charge < -0.3 is 9.72 Å². The summed E-state index contributed by atoms with van der Waals surface area (Å²) < 4.78 is 5.82. The summed E-state index contributed by atoms with van der Waals surface area (Å²) in [5, 5.41) is 9.47. The number of nitriles is 1. The van der Waals surface area contributed by atoms with Crippen LogP contribution in [0.25, 0.3) is 11.1 Å². The molecule has 1 aliphatic rings. The van der Waals surface area contributed by atoms with Crippen LogP contribution < -0.4 is 10.3 Å². The summed E-state index contributed by atoms with van der Waals surface area (Å²) in [5.74, 6) is 1.86. The van der Waals surface area contributed by atoms with Crippen LogP contribution in [0.1, 0.15) is 42.9 Å². The second kappa shape index (κ2) is 7.51. The van der Waals surface area contributed by atoms with Crippen molar-refractivity contribution in [2.24, 2.45) is 0 Å². The first-order chi connectivity index (χ1) is 13.2. The van der Waals surface area contributed by atoms with E-state index in [1.165, 1.54) is 12.8 Å². The van der Waals surface area contributed by atoms with Gasteiger partial charge in [0, 0.05) is 11.3 Å². The number of aromatic nitrogens is 1. The van der Waals surface area contributed by atoms with Gasteiger partial charge in [-0.25, -0.2) is 0 Å². The first-order valence-electron chi connectivity index (χ1n) is 9.25. The molecular weight excluding hydrogens is 336 g/mol. The van der Waals surface area contributed by atoms with E-state index in [9.17, 15) is 10.1 Å². The fourth-order valence-electron chi connectivity index (χ4n) is 3.70. The zero-order chi connectivity index (χ0) is 18.6. The molecule has 0 amide bonds. The highest BCUT2D eigenvalue weighted by Gasteiger charge is 2.20. The van der Waals surface area contributed by atoms with E-state index in [0.717, 1.165) is 29.8 Å². The predicted octanol–water partition coefficient (Wildman–Crippen LogP) is 5.36. The molecule has 0 saturated heterocycles. The number of ether oxygens (including phenoxy) is 1. The SMILES string of the molecule is N#Cc1c(-c2ccc(Oc3ccccc3)cc2)cc(C2CCCC2)[nH]c1=O. The number of nitrogens with zero attached hydrogens (tertiary/aromatic N) is 1. The molecule has 1 saturated carbocycles. The van der Waals surface area contributed by atoms with Crippen molar-refractivity contribution in [3.05, 3.63) is 82.3 Å². The van der Waals surface area contributed by atoms with Crippen molar-refractivity contribution in [1.82, 2.24) is 4.98 Å². The van der Waals surface area contributed by atoms with Crippen molar-refractivity contribution in [1.29, 1.82) is 5.26 Å². The third kappa shape index (κ3) is 3.63. The number of hydrogen-bond donors (Lipinski definition) is 1. The van der Waals surface area contributed by atoms with Crippen molar-refractivity contribution in [2.45, 2.75) is 31.6 Å². The summed E-state index contributed by atoms with van der Waals surface area (Å²) in [5.41, 5.74) is 2.33. The fraction of sp³-hybridized carbons (Fsp3) is 0.217. The van der Waals surface area contributed by atoms with Crippen molar-refractivity contribution in [3.8, 4) is 28.7 Å². The molecule has 1 aromatic heterocycles. The Kier molecular flexibility index (Phi) is 4.76. The Labute approximate surface area is 158 Å². The number of benzene rings is 2. The van der Waals surface area contributed by atoms with Gasteiger partial charge in [0.25, 0.3) is 5.56 Å². The molecule has 0 atom stereocenters. The summed E-state index contributed by atoms with van der Waals surface area (Å²) in [6, 6.07) is 21.1. The second-order valence-corrected chi connectivity index (χ2v) is 6.88. The normalized spacial score (nSPS) is 14.0. The monoisotopic (exact) mass is 356 g/mol. The number of H-pyrrole nitrogens is 1. The average Bonchev–Trinajstić information content (AvgIpc) is 3.24. The summed E-state index contributed by atoms with van der Waals surface area (Å²) in [7, 11) is 0. The lowest BCUT2D eigenvalue weighted by Crippen LogP contribution is -2.15. The molecular formula is C23H20N2O2. The van der Waals surface area contributed by atoms with Gasteiger partial charge in [0.2, 0.25) is 0 Å². The van der Waals surface area contributed by atoms with Gasteiger partial charge >= 0.3 is 0 Å². The van der Waals surface area contributed by atoms with E-state index in [2.05, 4.69) is 11.1 Å². The van der Waals surface area contributed by atoms with Crippen LogP contribution in [0, 0.1) is 11.3 Å². The number of nitrogens with one attached hydrogen (secondary N) is 1. The second-order valence-electron chi connectivity index (χ2n) is 6.88. The zero-order valence-corrected chi connectivity index (χ0v) is 14.9. The van der Waals surface area contributed by atoms with Gasteiger partial charge in [0.1, 0.15) is 23.1 Å². The standard InChI is InChI=1S/C23H20N2O2/c24-15-21-20(14-22(25-23(21)26)17-6-4-5-7-17)16-10-12-19(13-11-16)27-18-8-2-1-3-9-18/h1-3,8-14,17H,4-7H2,(H,25,26).